The maximum Gasteiger partial charge on any atom is 0.293 e. The Bertz CT molecular complexity index is 1200. The van der Waals surface area contributed by atoms with Crippen molar-refractivity contribution in [2.75, 3.05) is 0 Å². The fraction of sp³-hybridized carbons (Fsp3) is 0.0476. The highest BCUT2D eigenvalue weighted by Crippen LogP contribution is 2.36. The van der Waals surface area contributed by atoms with Crippen LogP contribution in [-0.2, 0) is 11.3 Å². The van der Waals surface area contributed by atoms with Crippen molar-refractivity contribution in [1.29, 1.82) is 0 Å². The van der Waals surface area contributed by atoms with E-state index in [1.807, 2.05) is 0 Å². The number of hydrogen-bond acceptors (Lipinski definition) is 4. The van der Waals surface area contributed by atoms with Crippen molar-refractivity contribution in [3.8, 4) is 11.3 Å². The molecule has 0 N–H and O–H groups in total. The van der Waals surface area contributed by atoms with Gasteiger partial charge in [-0.25, -0.2) is 0 Å². The number of nitrogens with zero attached hydrogens (tertiary/aromatic N) is 1. The second-order valence-electron chi connectivity index (χ2n) is 6.33. The monoisotopic (exact) mass is 497 g/mol. The van der Waals surface area contributed by atoms with Crippen LogP contribution in [0.1, 0.15) is 11.3 Å². The van der Waals surface area contributed by atoms with Gasteiger partial charge in [0.1, 0.15) is 11.5 Å². The van der Waals surface area contributed by atoms with Gasteiger partial charge < -0.3 is 4.42 Å². The molecule has 1 fully saturated rings. The number of carbonyl (C=O) groups excluding carboxylic acids is 2. The molecule has 1 aliphatic heterocycles. The van der Waals surface area contributed by atoms with E-state index in [-0.39, 0.29) is 16.7 Å². The molecule has 0 radical (unpaired) electrons. The van der Waals surface area contributed by atoms with E-state index in [1.54, 1.807) is 48.5 Å². The van der Waals surface area contributed by atoms with Crippen molar-refractivity contribution >= 4 is 75.4 Å². The Kier molecular flexibility index (Phi) is 6.19. The van der Waals surface area contributed by atoms with Gasteiger partial charge in [0.15, 0.2) is 0 Å². The molecule has 0 unspecified atom stereocenters. The molecule has 2 heterocycles. The summed E-state index contributed by atoms with van der Waals surface area (Å²) in [6.45, 7) is 0.0573. The maximum absolute atomic E-state index is 12.7. The van der Waals surface area contributed by atoms with E-state index < -0.39 is 5.91 Å². The number of halogens is 4. The second kappa shape index (κ2) is 8.69. The first-order valence-electron chi connectivity index (χ1n) is 8.56. The van der Waals surface area contributed by atoms with Crippen LogP contribution in [0.15, 0.2) is 57.9 Å². The molecule has 0 saturated carbocycles. The molecule has 0 spiro atoms. The van der Waals surface area contributed by atoms with Crippen molar-refractivity contribution in [2.45, 2.75) is 6.54 Å². The molecule has 1 aromatic heterocycles. The lowest BCUT2D eigenvalue weighted by Gasteiger charge is -2.13. The van der Waals surface area contributed by atoms with Gasteiger partial charge in [0, 0.05) is 26.7 Å². The van der Waals surface area contributed by atoms with E-state index in [4.69, 9.17) is 50.8 Å². The van der Waals surface area contributed by atoms with Crippen LogP contribution in [0.3, 0.4) is 0 Å². The molecule has 1 saturated heterocycles. The van der Waals surface area contributed by atoms with Crippen LogP contribution < -0.4 is 0 Å². The minimum atomic E-state index is -0.418. The van der Waals surface area contributed by atoms with Gasteiger partial charge >= 0.3 is 0 Å². The topological polar surface area (TPSA) is 50.5 Å². The summed E-state index contributed by atoms with van der Waals surface area (Å²) in [6, 6.07) is 13.4. The molecule has 0 aliphatic carbocycles. The van der Waals surface area contributed by atoms with Crippen LogP contribution >= 0.6 is 58.2 Å². The SMILES string of the molecule is O=C1S/C(=C/c2ccc(-c3ccc(Cl)cc3Cl)o2)C(=O)N1Cc1ccc(Cl)cc1Cl. The highest BCUT2D eigenvalue weighted by molar-refractivity contribution is 8.18. The van der Waals surface area contributed by atoms with Gasteiger partial charge in [0.05, 0.1) is 16.5 Å². The first kappa shape index (κ1) is 21.3. The van der Waals surface area contributed by atoms with Crippen LogP contribution in [0.4, 0.5) is 4.79 Å². The Balaban J connectivity index is 1.56. The largest absolute Gasteiger partial charge is 0.457 e. The van der Waals surface area contributed by atoms with E-state index in [0.29, 0.717) is 42.7 Å². The Morgan fingerprint density at radius 2 is 1.60 bits per heavy atom. The first-order valence-corrected chi connectivity index (χ1v) is 10.9. The summed E-state index contributed by atoms with van der Waals surface area (Å²) in [5.41, 5.74) is 1.30. The molecule has 2 aromatic carbocycles. The van der Waals surface area contributed by atoms with Crippen molar-refractivity contribution in [3.63, 3.8) is 0 Å². The lowest BCUT2D eigenvalue weighted by Crippen LogP contribution is -2.27. The summed E-state index contributed by atoms with van der Waals surface area (Å²) in [4.78, 5) is 26.5. The van der Waals surface area contributed by atoms with Crippen LogP contribution in [0.5, 0.6) is 0 Å². The van der Waals surface area contributed by atoms with Crippen molar-refractivity contribution < 1.29 is 14.0 Å². The molecule has 30 heavy (non-hydrogen) atoms. The Morgan fingerprint density at radius 3 is 2.30 bits per heavy atom. The molecule has 2 amide bonds. The van der Waals surface area contributed by atoms with E-state index in [9.17, 15) is 9.59 Å². The molecule has 3 aromatic rings. The normalized spacial score (nSPS) is 15.5. The zero-order valence-electron chi connectivity index (χ0n) is 15.0. The number of carbonyl (C=O) groups is 2. The minimum absolute atomic E-state index is 0.0573. The highest BCUT2D eigenvalue weighted by Gasteiger charge is 2.35. The molecule has 152 valence electrons. The highest BCUT2D eigenvalue weighted by atomic mass is 35.5. The molecule has 9 heteroatoms. The fourth-order valence-corrected chi connectivity index (χ4v) is 4.64. The predicted molar refractivity (Wildman–Crippen MR) is 122 cm³/mol. The van der Waals surface area contributed by atoms with Crippen LogP contribution in [-0.4, -0.2) is 16.0 Å². The van der Waals surface area contributed by atoms with Gasteiger partial charge in [0.2, 0.25) is 0 Å². The minimum Gasteiger partial charge on any atom is -0.457 e. The van der Waals surface area contributed by atoms with E-state index in [2.05, 4.69) is 0 Å². The van der Waals surface area contributed by atoms with Crippen LogP contribution in [0.2, 0.25) is 20.1 Å². The smallest absolute Gasteiger partial charge is 0.293 e. The number of rotatable bonds is 4. The average molecular weight is 499 g/mol. The summed E-state index contributed by atoms with van der Waals surface area (Å²) in [5, 5.41) is 1.45. The third-order valence-corrected chi connectivity index (χ3v) is 6.36. The number of furan rings is 1. The van der Waals surface area contributed by atoms with Gasteiger partial charge in [-0.2, -0.15) is 0 Å². The quantitative estimate of drug-likeness (QED) is 0.344. The number of benzene rings is 2. The number of imide groups is 1. The third kappa shape index (κ3) is 4.41. The number of amides is 2. The zero-order valence-corrected chi connectivity index (χ0v) is 18.8. The molecule has 1 aliphatic rings. The Hall–Kier alpha value is -1.89. The zero-order chi connectivity index (χ0) is 21.4. The third-order valence-electron chi connectivity index (χ3n) is 4.31. The van der Waals surface area contributed by atoms with Crippen LogP contribution in [0, 0.1) is 0 Å². The predicted octanol–water partition coefficient (Wildman–Crippen LogP) is 7.80. The summed E-state index contributed by atoms with van der Waals surface area (Å²) >= 11 is 25.0. The van der Waals surface area contributed by atoms with Gasteiger partial charge in [0.25, 0.3) is 11.1 Å². The standard InChI is InChI=1S/C21H11Cl4NO3S/c22-12-2-1-11(16(24)7-12)10-26-20(27)19(30-21(26)28)9-14-4-6-18(29-14)15-5-3-13(23)8-17(15)25/h1-9H,10H2/b19-9+. The molecule has 4 rings (SSSR count). The van der Waals surface area contributed by atoms with Crippen LogP contribution in [0.25, 0.3) is 17.4 Å². The lowest BCUT2D eigenvalue weighted by atomic mass is 10.2. The lowest BCUT2D eigenvalue weighted by molar-refractivity contribution is -0.123. The van der Waals surface area contributed by atoms with Gasteiger partial charge in [-0.3, -0.25) is 14.5 Å². The van der Waals surface area contributed by atoms with Gasteiger partial charge in [-0.05, 0) is 59.8 Å². The average Bonchev–Trinajstić information content (AvgIpc) is 3.24. The molecule has 0 atom stereocenters. The van der Waals surface area contributed by atoms with Crippen molar-refractivity contribution in [1.82, 2.24) is 4.90 Å². The molecular weight excluding hydrogens is 488 g/mol. The van der Waals surface area contributed by atoms with E-state index in [0.717, 1.165) is 16.7 Å². The molecule has 0 bridgehead atoms. The van der Waals surface area contributed by atoms with Gasteiger partial charge in [-0.1, -0.05) is 52.5 Å². The first-order chi connectivity index (χ1) is 14.3. The molecular formula is C21H11Cl4NO3S. The summed E-state index contributed by atoms with van der Waals surface area (Å²) < 4.78 is 5.79. The number of thioether (sulfide) groups is 1. The Morgan fingerprint density at radius 1 is 0.900 bits per heavy atom. The van der Waals surface area contributed by atoms with Crippen molar-refractivity contribution in [2.24, 2.45) is 0 Å². The summed E-state index contributed by atoms with van der Waals surface area (Å²) in [5.74, 6) is 0.527. The van der Waals surface area contributed by atoms with E-state index in [1.165, 1.54) is 6.08 Å². The maximum atomic E-state index is 12.7. The number of hydrogen-bond donors (Lipinski definition) is 0. The van der Waals surface area contributed by atoms with E-state index >= 15 is 0 Å². The molecule has 4 nitrogen and oxygen atoms in total. The van der Waals surface area contributed by atoms with Crippen molar-refractivity contribution in [3.05, 3.63) is 84.9 Å². The second-order valence-corrected chi connectivity index (χ2v) is 9.01. The van der Waals surface area contributed by atoms with Gasteiger partial charge in [-0.15, -0.1) is 0 Å². The Labute approximate surface area is 196 Å². The summed E-state index contributed by atoms with van der Waals surface area (Å²) in [6.07, 6.45) is 1.53. The summed E-state index contributed by atoms with van der Waals surface area (Å²) in [7, 11) is 0. The fourth-order valence-electron chi connectivity index (χ4n) is 2.85.